The van der Waals surface area contributed by atoms with Crippen molar-refractivity contribution in [3.05, 3.63) is 57.0 Å². The zero-order valence-electron chi connectivity index (χ0n) is 12.4. The third kappa shape index (κ3) is 5.03. The molecule has 0 aliphatic carbocycles. The number of hydrogen-bond acceptors (Lipinski definition) is 3. The van der Waals surface area contributed by atoms with Crippen LogP contribution in [0.3, 0.4) is 0 Å². The van der Waals surface area contributed by atoms with Crippen molar-refractivity contribution in [2.24, 2.45) is 0 Å². The molecule has 0 amide bonds. The highest BCUT2D eigenvalue weighted by Gasteiger charge is 2.16. The summed E-state index contributed by atoms with van der Waals surface area (Å²) >= 11 is 18.1. The van der Waals surface area contributed by atoms with Crippen molar-refractivity contribution in [3.8, 4) is 11.5 Å². The largest absolute Gasteiger partial charge is 0.490 e. The Bertz CT molecular complexity index is 661. The van der Waals surface area contributed by atoms with Crippen LogP contribution in [0.4, 0.5) is 0 Å². The maximum absolute atomic E-state index is 12.2. The summed E-state index contributed by atoms with van der Waals surface area (Å²) in [5.74, 6) is 0.205. The lowest BCUT2D eigenvalue weighted by Crippen LogP contribution is -2.09. The van der Waals surface area contributed by atoms with Crippen molar-refractivity contribution in [2.45, 2.75) is 19.8 Å². The summed E-state index contributed by atoms with van der Waals surface area (Å²) in [6.07, 6.45) is 1.90. The Morgan fingerprint density at radius 2 is 1.65 bits per heavy atom. The summed E-state index contributed by atoms with van der Waals surface area (Å²) in [6.45, 7) is 2.58. The molecule has 23 heavy (non-hydrogen) atoms. The molecule has 0 aliphatic heterocycles. The van der Waals surface area contributed by atoms with Crippen molar-refractivity contribution in [1.82, 2.24) is 0 Å². The molecule has 2 aromatic rings. The van der Waals surface area contributed by atoms with Gasteiger partial charge < -0.3 is 9.47 Å². The van der Waals surface area contributed by atoms with E-state index in [2.05, 4.69) is 6.92 Å². The van der Waals surface area contributed by atoms with Crippen LogP contribution < -0.4 is 9.47 Å². The topological polar surface area (TPSA) is 35.5 Å². The Balaban J connectivity index is 2.13. The normalized spacial score (nSPS) is 10.4. The first kappa shape index (κ1) is 17.9. The molecule has 0 fully saturated rings. The van der Waals surface area contributed by atoms with Crippen LogP contribution in [-0.4, -0.2) is 12.6 Å². The minimum atomic E-state index is -0.559. The first-order chi connectivity index (χ1) is 11.0. The quantitative estimate of drug-likeness (QED) is 0.351. The Morgan fingerprint density at radius 3 is 2.22 bits per heavy atom. The summed E-state index contributed by atoms with van der Waals surface area (Å²) in [6, 6.07) is 9.43. The lowest BCUT2D eigenvalue weighted by molar-refractivity contribution is 0.0734. The number of carbonyl (C=O) groups is 1. The Morgan fingerprint density at radius 1 is 1.04 bits per heavy atom. The minimum absolute atomic E-state index is 0.248. The van der Waals surface area contributed by atoms with Crippen LogP contribution >= 0.6 is 34.8 Å². The van der Waals surface area contributed by atoms with Gasteiger partial charge in [0.2, 0.25) is 0 Å². The van der Waals surface area contributed by atoms with Gasteiger partial charge in [-0.05, 0) is 42.8 Å². The van der Waals surface area contributed by atoms with Gasteiger partial charge in [0.1, 0.15) is 5.75 Å². The zero-order chi connectivity index (χ0) is 16.8. The summed E-state index contributed by atoms with van der Waals surface area (Å²) in [4.78, 5) is 12.2. The Hall–Kier alpha value is -1.42. The maximum atomic E-state index is 12.2. The molecule has 2 rings (SSSR count). The van der Waals surface area contributed by atoms with E-state index in [9.17, 15) is 4.79 Å². The summed E-state index contributed by atoms with van der Waals surface area (Å²) < 4.78 is 10.8. The first-order valence-electron chi connectivity index (χ1n) is 7.11. The van der Waals surface area contributed by atoms with Crippen LogP contribution in [0.1, 0.15) is 30.1 Å². The molecule has 0 radical (unpaired) electrons. The third-order valence-corrected chi connectivity index (χ3v) is 3.82. The fraction of sp³-hybridized carbons (Fsp3) is 0.235. The zero-order valence-corrected chi connectivity index (χ0v) is 14.7. The molecule has 0 heterocycles. The molecule has 0 unspecified atom stereocenters. The number of rotatable bonds is 6. The molecule has 6 heteroatoms. The summed E-state index contributed by atoms with van der Waals surface area (Å²) in [5, 5.41) is 1.11. The summed E-state index contributed by atoms with van der Waals surface area (Å²) in [5.41, 5.74) is 0.248. The van der Waals surface area contributed by atoms with E-state index in [1.807, 2.05) is 0 Å². The van der Waals surface area contributed by atoms with Crippen LogP contribution in [0.5, 0.6) is 11.5 Å². The first-order valence-corrected chi connectivity index (χ1v) is 8.24. The van der Waals surface area contributed by atoms with Gasteiger partial charge in [0.25, 0.3) is 0 Å². The second-order valence-electron chi connectivity index (χ2n) is 4.81. The number of esters is 1. The second-order valence-corrected chi connectivity index (χ2v) is 6.07. The van der Waals surface area contributed by atoms with Crippen LogP contribution in [-0.2, 0) is 0 Å². The second kappa shape index (κ2) is 8.44. The van der Waals surface area contributed by atoms with Gasteiger partial charge >= 0.3 is 5.97 Å². The lowest BCUT2D eigenvalue weighted by atomic mass is 10.2. The van der Waals surface area contributed by atoms with E-state index in [1.165, 1.54) is 12.1 Å². The van der Waals surface area contributed by atoms with Crippen LogP contribution in [0, 0.1) is 0 Å². The van der Waals surface area contributed by atoms with Gasteiger partial charge in [0.05, 0.1) is 22.2 Å². The third-order valence-electron chi connectivity index (χ3n) is 3.00. The number of ether oxygens (including phenoxy) is 2. The monoisotopic (exact) mass is 372 g/mol. The highest BCUT2D eigenvalue weighted by molar-refractivity contribution is 6.37. The molecule has 0 atom stereocenters. The molecule has 3 nitrogen and oxygen atoms in total. The average molecular weight is 374 g/mol. The molecule has 2 aromatic carbocycles. The van der Waals surface area contributed by atoms with Crippen LogP contribution in [0.25, 0.3) is 0 Å². The molecule has 0 saturated heterocycles. The van der Waals surface area contributed by atoms with Crippen molar-refractivity contribution >= 4 is 40.8 Å². The van der Waals surface area contributed by atoms with Gasteiger partial charge in [0.15, 0.2) is 5.75 Å². The van der Waals surface area contributed by atoms with E-state index in [-0.39, 0.29) is 15.6 Å². The number of carbonyl (C=O) groups excluding carboxylic acids is 1. The fourth-order valence-corrected chi connectivity index (χ4v) is 2.52. The molecule has 122 valence electrons. The molecule has 0 aliphatic rings. The highest BCUT2D eigenvalue weighted by atomic mass is 35.5. The SMILES string of the molecule is CCCCOc1c(Cl)cc(C(=O)Oc2ccc(Cl)cc2)cc1Cl. The van der Waals surface area contributed by atoms with Crippen molar-refractivity contribution in [3.63, 3.8) is 0 Å². The molecule has 0 N–H and O–H groups in total. The van der Waals surface area contributed by atoms with E-state index >= 15 is 0 Å². The fourth-order valence-electron chi connectivity index (χ4n) is 1.80. The standard InChI is InChI=1S/C17H15Cl3O3/c1-2-3-8-22-16-14(19)9-11(10-15(16)20)17(21)23-13-6-4-12(18)5-7-13/h4-7,9-10H,2-3,8H2,1H3. The van der Waals surface area contributed by atoms with Gasteiger partial charge in [-0.1, -0.05) is 48.1 Å². The molecule has 0 saturated carbocycles. The van der Waals surface area contributed by atoms with E-state index in [1.54, 1.807) is 24.3 Å². The van der Waals surface area contributed by atoms with Crippen LogP contribution in [0.2, 0.25) is 15.1 Å². The lowest BCUT2D eigenvalue weighted by Gasteiger charge is -2.11. The van der Waals surface area contributed by atoms with Gasteiger partial charge in [0, 0.05) is 5.02 Å². The van der Waals surface area contributed by atoms with Crippen molar-refractivity contribution in [1.29, 1.82) is 0 Å². The number of unbranched alkanes of at least 4 members (excludes halogenated alkanes) is 1. The minimum Gasteiger partial charge on any atom is -0.490 e. The molecule has 0 aromatic heterocycles. The number of halogens is 3. The van der Waals surface area contributed by atoms with E-state index in [4.69, 9.17) is 44.3 Å². The predicted molar refractivity (Wildman–Crippen MR) is 93.3 cm³/mol. The number of hydrogen-bond donors (Lipinski definition) is 0. The highest BCUT2D eigenvalue weighted by Crippen LogP contribution is 2.34. The Labute approximate surface area is 150 Å². The summed E-state index contributed by atoms with van der Waals surface area (Å²) in [7, 11) is 0. The van der Waals surface area contributed by atoms with Gasteiger partial charge in [-0.2, -0.15) is 0 Å². The molecular weight excluding hydrogens is 359 g/mol. The van der Waals surface area contributed by atoms with Crippen molar-refractivity contribution in [2.75, 3.05) is 6.61 Å². The predicted octanol–water partition coefficient (Wildman–Crippen LogP) is 6.04. The smallest absolute Gasteiger partial charge is 0.343 e. The van der Waals surface area contributed by atoms with Gasteiger partial charge in [-0.15, -0.1) is 0 Å². The van der Waals surface area contributed by atoms with Crippen LogP contribution in [0.15, 0.2) is 36.4 Å². The van der Waals surface area contributed by atoms with E-state index < -0.39 is 5.97 Å². The maximum Gasteiger partial charge on any atom is 0.343 e. The van der Waals surface area contributed by atoms with E-state index in [0.717, 1.165) is 12.8 Å². The van der Waals surface area contributed by atoms with E-state index in [0.29, 0.717) is 23.1 Å². The molecule has 0 spiro atoms. The number of benzene rings is 2. The molecular formula is C17H15Cl3O3. The molecule has 0 bridgehead atoms. The van der Waals surface area contributed by atoms with Gasteiger partial charge in [-0.25, -0.2) is 4.79 Å². The van der Waals surface area contributed by atoms with Gasteiger partial charge in [-0.3, -0.25) is 0 Å². The average Bonchev–Trinajstić information content (AvgIpc) is 2.52. The van der Waals surface area contributed by atoms with Crippen molar-refractivity contribution < 1.29 is 14.3 Å². The Kier molecular flexibility index (Phi) is 6.58.